The molecule has 1 saturated heterocycles. The fourth-order valence-electron chi connectivity index (χ4n) is 1.54. The minimum atomic E-state index is -0.647. The molecule has 0 atom stereocenters. The van der Waals surface area contributed by atoms with Crippen LogP contribution in [0.5, 0.6) is 0 Å². The summed E-state index contributed by atoms with van der Waals surface area (Å²) < 4.78 is 0. The van der Waals surface area contributed by atoms with E-state index in [1.54, 1.807) is 0 Å². The Morgan fingerprint density at radius 2 is 1.93 bits per heavy atom. The molecule has 0 bridgehead atoms. The van der Waals surface area contributed by atoms with Crippen molar-refractivity contribution >= 4 is 17.3 Å². The summed E-state index contributed by atoms with van der Waals surface area (Å²) in [5.41, 5.74) is 4.31. The summed E-state index contributed by atoms with van der Waals surface area (Å²) in [7, 11) is 0. The number of amides is 1. The summed E-state index contributed by atoms with van der Waals surface area (Å²) in [5, 5.41) is 2.62. The van der Waals surface area contributed by atoms with Gasteiger partial charge in [0, 0.05) is 13.1 Å². The highest BCUT2D eigenvalue weighted by atomic mass is 16.2. The van der Waals surface area contributed by atoms with Crippen molar-refractivity contribution in [3.8, 4) is 0 Å². The predicted molar refractivity (Wildman–Crippen MR) is 51.0 cm³/mol. The third-order valence-electron chi connectivity index (χ3n) is 2.28. The Hall–Kier alpha value is -1.85. The van der Waals surface area contributed by atoms with Crippen molar-refractivity contribution in [2.24, 2.45) is 0 Å². The number of carbonyl (C=O) groups excluding carboxylic acids is 1. The van der Waals surface area contributed by atoms with Crippen LogP contribution in [0.25, 0.3) is 0 Å². The fraction of sp³-hybridized carbons (Fsp3) is 0.375. The highest BCUT2D eigenvalue weighted by Gasteiger charge is 2.26. The van der Waals surface area contributed by atoms with Crippen molar-refractivity contribution < 1.29 is 4.79 Å². The summed E-state index contributed by atoms with van der Waals surface area (Å²) in [4.78, 5) is 34.5. The molecule has 1 amide bonds. The maximum atomic E-state index is 11.1. The lowest BCUT2D eigenvalue weighted by molar-refractivity contribution is -0.120. The van der Waals surface area contributed by atoms with E-state index in [9.17, 15) is 14.4 Å². The minimum Gasteiger partial charge on any atom is -0.394 e. The molecule has 0 saturated carbocycles. The Morgan fingerprint density at radius 1 is 1.21 bits per heavy atom. The van der Waals surface area contributed by atoms with Gasteiger partial charge in [-0.1, -0.05) is 0 Å². The first-order chi connectivity index (χ1) is 6.61. The van der Waals surface area contributed by atoms with Crippen LogP contribution in [-0.4, -0.2) is 25.5 Å². The highest BCUT2D eigenvalue weighted by molar-refractivity contribution is 5.85. The van der Waals surface area contributed by atoms with Crippen LogP contribution in [-0.2, 0) is 4.79 Å². The first-order valence-electron chi connectivity index (χ1n) is 4.21. The van der Waals surface area contributed by atoms with Gasteiger partial charge >= 0.3 is 0 Å². The lowest BCUT2D eigenvalue weighted by Crippen LogP contribution is -2.52. The number of hydrogen-bond donors (Lipinski definition) is 2. The molecule has 6 nitrogen and oxygen atoms in total. The zero-order chi connectivity index (χ0) is 10.3. The fourth-order valence-corrected chi connectivity index (χ4v) is 1.54. The monoisotopic (exact) mass is 195 g/mol. The molecule has 74 valence electrons. The maximum absolute atomic E-state index is 11.1. The van der Waals surface area contributed by atoms with Crippen molar-refractivity contribution in [1.29, 1.82) is 0 Å². The lowest BCUT2D eigenvalue weighted by atomic mass is 10.1. The van der Waals surface area contributed by atoms with Gasteiger partial charge in [0.1, 0.15) is 11.4 Å². The number of anilines is 2. The topological polar surface area (TPSA) is 92.5 Å². The molecule has 0 spiro atoms. The van der Waals surface area contributed by atoms with Crippen LogP contribution in [0, 0.1) is 0 Å². The zero-order valence-electron chi connectivity index (χ0n) is 7.37. The number of carbonyl (C=O) groups is 1. The van der Waals surface area contributed by atoms with Crippen molar-refractivity contribution in [1.82, 2.24) is 5.32 Å². The number of hydrogen-bond acceptors (Lipinski definition) is 5. The van der Waals surface area contributed by atoms with Crippen LogP contribution in [0.4, 0.5) is 11.4 Å². The molecule has 1 aromatic rings. The first-order valence-corrected chi connectivity index (χ1v) is 4.21. The molecule has 3 N–H and O–H groups in total. The molecule has 1 aliphatic heterocycles. The van der Waals surface area contributed by atoms with Crippen LogP contribution >= 0.6 is 0 Å². The first kappa shape index (κ1) is 8.74. The second-order valence-electron chi connectivity index (χ2n) is 3.19. The van der Waals surface area contributed by atoms with Crippen LogP contribution in [0.2, 0.25) is 0 Å². The van der Waals surface area contributed by atoms with Gasteiger partial charge in [-0.2, -0.15) is 0 Å². The van der Waals surface area contributed by atoms with Crippen LogP contribution in [0.15, 0.2) is 9.59 Å². The van der Waals surface area contributed by atoms with E-state index in [1.165, 1.54) is 4.90 Å². The maximum Gasteiger partial charge on any atom is 0.253 e. The number of nitrogens with two attached hydrogens (primary N) is 1. The van der Waals surface area contributed by atoms with Crippen LogP contribution in [0.3, 0.4) is 0 Å². The van der Waals surface area contributed by atoms with Gasteiger partial charge < -0.3 is 16.0 Å². The van der Waals surface area contributed by atoms with Crippen molar-refractivity contribution in [3.63, 3.8) is 0 Å². The van der Waals surface area contributed by atoms with Crippen LogP contribution in [0.1, 0.15) is 0 Å². The van der Waals surface area contributed by atoms with E-state index in [-0.39, 0.29) is 23.8 Å². The molecule has 1 aromatic carbocycles. The van der Waals surface area contributed by atoms with Gasteiger partial charge in [-0.05, 0) is 0 Å². The Kier molecular flexibility index (Phi) is 1.77. The lowest BCUT2D eigenvalue weighted by Gasteiger charge is -2.29. The summed E-state index contributed by atoms with van der Waals surface area (Å²) in [6.07, 6.45) is 0. The third kappa shape index (κ3) is 1.07. The number of nitrogens with zero attached hydrogens (tertiary/aromatic N) is 1. The van der Waals surface area contributed by atoms with E-state index >= 15 is 0 Å². The quantitative estimate of drug-likeness (QED) is 0.496. The molecule has 2 rings (SSSR count). The number of nitrogen functional groups attached to an aromatic ring is 1. The average Bonchev–Trinajstić information content (AvgIpc) is 2.18. The molecule has 0 radical (unpaired) electrons. The molecule has 1 aliphatic rings. The Balaban J connectivity index is 2.28. The van der Waals surface area contributed by atoms with Crippen molar-refractivity contribution in [2.75, 3.05) is 30.3 Å². The summed E-state index contributed by atoms with van der Waals surface area (Å²) in [6.45, 7) is 1.08. The molecular weight excluding hydrogens is 186 g/mol. The largest absolute Gasteiger partial charge is 0.394 e. The van der Waals surface area contributed by atoms with Gasteiger partial charge in [-0.3, -0.25) is 14.4 Å². The third-order valence-corrected chi connectivity index (χ3v) is 2.28. The second kappa shape index (κ2) is 2.83. The minimum absolute atomic E-state index is 0.0234. The number of rotatable bonds is 1. The van der Waals surface area contributed by atoms with E-state index in [4.69, 9.17) is 5.73 Å². The Labute approximate surface area is 79.0 Å². The second-order valence-corrected chi connectivity index (χ2v) is 3.19. The normalized spacial score (nSPS) is 17.1. The Morgan fingerprint density at radius 3 is 2.50 bits per heavy atom. The molecule has 14 heavy (non-hydrogen) atoms. The zero-order valence-corrected chi connectivity index (χ0v) is 7.37. The standard InChI is InChI=1S/C8H9N3O3/c9-5-6(8(14)7(5)13)11-2-1-10-4(12)3-11/h1-3,9H2,(H,10,12). The molecule has 6 heteroatoms. The summed E-state index contributed by atoms with van der Waals surface area (Å²) in [5.74, 6) is -0.163. The Bertz CT molecular complexity index is 458. The molecule has 0 aliphatic carbocycles. The summed E-state index contributed by atoms with van der Waals surface area (Å²) in [6, 6.07) is 0. The van der Waals surface area contributed by atoms with E-state index in [0.717, 1.165) is 0 Å². The van der Waals surface area contributed by atoms with Crippen molar-refractivity contribution in [3.05, 3.63) is 20.4 Å². The molecule has 1 fully saturated rings. The molecule has 0 aromatic heterocycles. The highest BCUT2D eigenvalue weighted by Crippen LogP contribution is 2.16. The molecular formula is C8H9N3O3. The smallest absolute Gasteiger partial charge is 0.253 e. The van der Waals surface area contributed by atoms with E-state index in [2.05, 4.69) is 5.32 Å². The van der Waals surface area contributed by atoms with E-state index in [0.29, 0.717) is 13.1 Å². The SMILES string of the molecule is Nc1c(N2CCNC(=O)C2)c(=O)c1=O. The summed E-state index contributed by atoms with van der Waals surface area (Å²) >= 11 is 0. The number of nitrogens with one attached hydrogen (secondary N) is 1. The number of piperazine rings is 1. The molecule has 1 heterocycles. The van der Waals surface area contributed by atoms with E-state index < -0.39 is 10.9 Å². The van der Waals surface area contributed by atoms with Gasteiger partial charge in [0.25, 0.3) is 10.9 Å². The van der Waals surface area contributed by atoms with Crippen molar-refractivity contribution in [2.45, 2.75) is 0 Å². The van der Waals surface area contributed by atoms with Gasteiger partial charge in [-0.25, -0.2) is 0 Å². The van der Waals surface area contributed by atoms with Gasteiger partial charge in [0.05, 0.1) is 6.54 Å². The molecule has 0 unspecified atom stereocenters. The van der Waals surface area contributed by atoms with Gasteiger partial charge in [-0.15, -0.1) is 0 Å². The van der Waals surface area contributed by atoms with Gasteiger partial charge in [0.2, 0.25) is 5.91 Å². The van der Waals surface area contributed by atoms with Gasteiger partial charge in [0.15, 0.2) is 0 Å². The average molecular weight is 195 g/mol. The van der Waals surface area contributed by atoms with E-state index in [1.807, 2.05) is 0 Å². The predicted octanol–water partition coefficient (Wildman–Crippen LogP) is -2.20. The van der Waals surface area contributed by atoms with Crippen LogP contribution < -0.4 is 26.8 Å².